The Morgan fingerprint density at radius 3 is 2.63 bits per heavy atom. The Labute approximate surface area is 110 Å². The van der Waals surface area contributed by atoms with Crippen molar-refractivity contribution in [1.29, 1.82) is 0 Å². The summed E-state index contributed by atoms with van der Waals surface area (Å²) in [5, 5.41) is 18.9. The Morgan fingerprint density at radius 2 is 2.00 bits per heavy atom. The number of esters is 1. The van der Waals surface area contributed by atoms with Gasteiger partial charge in [0.15, 0.2) is 6.29 Å². The van der Waals surface area contributed by atoms with Crippen molar-refractivity contribution < 1.29 is 29.2 Å². The van der Waals surface area contributed by atoms with Crippen LogP contribution in [0.2, 0.25) is 0 Å². The van der Waals surface area contributed by atoms with Crippen molar-refractivity contribution in [2.75, 3.05) is 13.7 Å². The first-order valence-electron chi connectivity index (χ1n) is 5.90. The minimum absolute atomic E-state index is 0.0969. The molecule has 0 radical (unpaired) electrons. The Morgan fingerprint density at radius 1 is 1.32 bits per heavy atom. The number of ether oxygens (including phenoxy) is 3. The molecular weight excluding hydrogens is 252 g/mol. The average molecular weight is 268 g/mol. The van der Waals surface area contributed by atoms with E-state index in [9.17, 15) is 15.0 Å². The lowest BCUT2D eigenvalue weighted by atomic mass is 10.1. The van der Waals surface area contributed by atoms with Gasteiger partial charge in [0, 0.05) is 7.11 Å². The highest BCUT2D eigenvalue weighted by atomic mass is 16.7. The summed E-state index contributed by atoms with van der Waals surface area (Å²) in [6.45, 7) is -0.0969. The molecule has 1 heterocycles. The fourth-order valence-corrected chi connectivity index (χ4v) is 1.96. The Balaban J connectivity index is 1.90. The summed E-state index contributed by atoms with van der Waals surface area (Å²) in [6.07, 6.45) is -3.89. The van der Waals surface area contributed by atoms with Crippen LogP contribution < -0.4 is 0 Å². The quantitative estimate of drug-likeness (QED) is 0.744. The SMILES string of the molecule is COC1[C@@H](O)C(O)O[C@@H]1COC(=O)c1ccccc1. The summed E-state index contributed by atoms with van der Waals surface area (Å²) in [5.41, 5.74) is 0.426. The Kier molecular flexibility index (Phi) is 4.49. The molecule has 1 aromatic carbocycles. The van der Waals surface area contributed by atoms with E-state index in [0.29, 0.717) is 5.56 Å². The van der Waals surface area contributed by atoms with Gasteiger partial charge < -0.3 is 24.4 Å². The molecule has 104 valence electrons. The number of hydrogen-bond donors (Lipinski definition) is 2. The van der Waals surface area contributed by atoms with Crippen LogP contribution in [0.15, 0.2) is 30.3 Å². The zero-order chi connectivity index (χ0) is 13.8. The first-order valence-corrected chi connectivity index (χ1v) is 5.90. The van der Waals surface area contributed by atoms with Crippen molar-refractivity contribution >= 4 is 5.97 Å². The first kappa shape index (κ1) is 14.0. The fraction of sp³-hybridized carbons (Fsp3) is 0.462. The van der Waals surface area contributed by atoms with Crippen LogP contribution in [0.5, 0.6) is 0 Å². The van der Waals surface area contributed by atoms with Crippen LogP contribution in [0.25, 0.3) is 0 Å². The fourth-order valence-electron chi connectivity index (χ4n) is 1.96. The van der Waals surface area contributed by atoms with Gasteiger partial charge >= 0.3 is 5.97 Å². The lowest BCUT2D eigenvalue weighted by molar-refractivity contribution is -0.133. The van der Waals surface area contributed by atoms with Crippen molar-refractivity contribution in [2.24, 2.45) is 0 Å². The molecule has 1 fully saturated rings. The molecular formula is C13H16O6. The number of rotatable bonds is 4. The van der Waals surface area contributed by atoms with Gasteiger partial charge in [0.05, 0.1) is 5.56 Å². The molecule has 2 rings (SSSR count). The van der Waals surface area contributed by atoms with E-state index in [1.807, 2.05) is 0 Å². The summed E-state index contributed by atoms with van der Waals surface area (Å²) in [5.74, 6) is -0.491. The van der Waals surface area contributed by atoms with Gasteiger partial charge in [-0.3, -0.25) is 0 Å². The van der Waals surface area contributed by atoms with Gasteiger partial charge in [0.1, 0.15) is 24.9 Å². The summed E-state index contributed by atoms with van der Waals surface area (Å²) < 4.78 is 15.2. The molecule has 0 bridgehead atoms. The zero-order valence-corrected chi connectivity index (χ0v) is 10.4. The highest BCUT2D eigenvalue weighted by Crippen LogP contribution is 2.22. The second kappa shape index (κ2) is 6.12. The Hall–Kier alpha value is -1.47. The van der Waals surface area contributed by atoms with Gasteiger partial charge in [0.2, 0.25) is 0 Å². The molecule has 0 aromatic heterocycles. The molecule has 4 atom stereocenters. The Bertz CT molecular complexity index is 420. The maximum Gasteiger partial charge on any atom is 0.338 e. The van der Waals surface area contributed by atoms with Gasteiger partial charge in [-0.2, -0.15) is 0 Å². The third kappa shape index (κ3) is 3.10. The second-order valence-electron chi connectivity index (χ2n) is 4.22. The molecule has 0 amide bonds. The van der Waals surface area contributed by atoms with E-state index in [4.69, 9.17) is 14.2 Å². The van der Waals surface area contributed by atoms with Crippen LogP contribution in [-0.2, 0) is 14.2 Å². The number of aliphatic hydroxyl groups excluding tert-OH is 2. The molecule has 19 heavy (non-hydrogen) atoms. The summed E-state index contributed by atoms with van der Waals surface area (Å²) in [4.78, 5) is 11.7. The molecule has 2 N–H and O–H groups in total. The lowest BCUT2D eigenvalue weighted by Crippen LogP contribution is -2.36. The molecule has 0 spiro atoms. The van der Waals surface area contributed by atoms with Crippen molar-refractivity contribution in [2.45, 2.75) is 24.6 Å². The number of carbonyl (C=O) groups is 1. The number of hydrogen-bond acceptors (Lipinski definition) is 6. The predicted molar refractivity (Wildman–Crippen MR) is 64.4 cm³/mol. The normalized spacial score (nSPS) is 30.3. The topological polar surface area (TPSA) is 85.2 Å². The van der Waals surface area contributed by atoms with E-state index in [2.05, 4.69) is 0 Å². The van der Waals surface area contributed by atoms with Crippen LogP contribution in [0.4, 0.5) is 0 Å². The third-order valence-corrected chi connectivity index (χ3v) is 2.97. The second-order valence-corrected chi connectivity index (χ2v) is 4.22. The van der Waals surface area contributed by atoms with Gasteiger partial charge in [-0.05, 0) is 12.1 Å². The maximum atomic E-state index is 11.7. The standard InChI is InChI=1S/C13H16O6/c1-17-11-9(19-13(16)10(11)14)7-18-12(15)8-5-3-2-4-6-8/h2-6,9-11,13-14,16H,7H2,1H3/t9-,10-,11?,13?/m1/s1. The van der Waals surface area contributed by atoms with Gasteiger partial charge in [-0.15, -0.1) is 0 Å². The maximum absolute atomic E-state index is 11.7. The zero-order valence-electron chi connectivity index (χ0n) is 10.4. The molecule has 0 saturated carbocycles. The third-order valence-electron chi connectivity index (χ3n) is 2.97. The minimum atomic E-state index is -1.33. The van der Waals surface area contributed by atoms with Crippen molar-refractivity contribution in [3.05, 3.63) is 35.9 Å². The van der Waals surface area contributed by atoms with Crippen LogP contribution in [0.1, 0.15) is 10.4 Å². The number of benzene rings is 1. The highest BCUT2D eigenvalue weighted by molar-refractivity contribution is 5.89. The van der Waals surface area contributed by atoms with E-state index in [-0.39, 0.29) is 6.61 Å². The van der Waals surface area contributed by atoms with Crippen LogP contribution in [-0.4, -0.2) is 54.5 Å². The number of methoxy groups -OCH3 is 1. The number of aliphatic hydroxyl groups is 2. The smallest absolute Gasteiger partial charge is 0.338 e. The monoisotopic (exact) mass is 268 g/mol. The molecule has 1 aromatic rings. The summed E-state index contributed by atoms with van der Waals surface area (Å²) >= 11 is 0. The molecule has 2 unspecified atom stereocenters. The van der Waals surface area contributed by atoms with Crippen LogP contribution in [0, 0.1) is 0 Å². The molecule has 6 heteroatoms. The molecule has 1 aliphatic heterocycles. The summed E-state index contributed by atoms with van der Waals surface area (Å²) in [6, 6.07) is 8.53. The largest absolute Gasteiger partial charge is 0.459 e. The first-order chi connectivity index (χ1) is 9.13. The van der Waals surface area contributed by atoms with Gasteiger partial charge in [-0.1, -0.05) is 18.2 Å². The van der Waals surface area contributed by atoms with E-state index in [1.54, 1.807) is 30.3 Å². The number of carbonyl (C=O) groups excluding carboxylic acids is 1. The van der Waals surface area contributed by atoms with E-state index >= 15 is 0 Å². The van der Waals surface area contributed by atoms with Crippen molar-refractivity contribution in [1.82, 2.24) is 0 Å². The summed E-state index contributed by atoms with van der Waals surface area (Å²) in [7, 11) is 1.39. The highest BCUT2D eigenvalue weighted by Gasteiger charge is 2.43. The van der Waals surface area contributed by atoms with Crippen LogP contribution in [0.3, 0.4) is 0 Å². The molecule has 1 aliphatic rings. The van der Waals surface area contributed by atoms with Crippen LogP contribution >= 0.6 is 0 Å². The minimum Gasteiger partial charge on any atom is -0.459 e. The van der Waals surface area contributed by atoms with E-state index in [1.165, 1.54) is 7.11 Å². The lowest BCUT2D eigenvalue weighted by Gasteiger charge is -2.17. The van der Waals surface area contributed by atoms with Crippen molar-refractivity contribution in [3.63, 3.8) is 0 Å². The van der Waals surface area contributed by atoms with E-state index in [0.717, 1.165) is 0 Å². The molecule has 6 nitrogen and oxygen atoms in total. The van der Waals surface area contributed by atoms with E-state index < -0.39 is 30.6 Å². The molecule has 1 saturated heterocycles. The van der Waals surface area contributed by atoms with Gasteiger partial charge in [-0.25, -0.2) is 4.79 Å². The predicted octanol–water partition coefficient (Wildman–Crippen LogP) is -0.0635. The molecule has 0 aliphatic carbocycles. The average Bonchev–Trinajstić information content (AvgIpc) is 2.72. The van der Waals surface area contributed by atoms with Crippen molar-refractivity contribution in [3.8, 4) is 0 Å². The van der Waals surface area contributed by atoms with Gasteiger partial charge in [0.25, 0.3) is 0 Å².